The van der Waals surface area contributed by atoms with Crippen molar-refractivity contribution < 1.29 is 14.7 Å². The van der Waals surface area contributed by atoms with Gasteiger partial charge in [0, 0.05) is 0 Å². The summed E-state index contributed by atoms with van der Waals surface area (Å²) in [6.45, 7) is 4.68. The maximum atomic E-state index is 9.90. The molecule has 1 aliphatic carbocycles. The predicted octanol–water partition coefficient (Wildman–Crippen LogP) is 2.51. The molecule has 0 amide bonds. The first-order chi connectivity index (χ1) is 9.66. The van der Waals surface area contributed by atoms with Crippen molar-refractivity contribution in [2.24, 2.45) is 0 Å². The molecular formula is C16H25NO3. The number of hydroxylamine groups is 1. The molecule has 2 N–H and O–H groups in total. The van der Waals surface area contributed by atoms with Crippen LogP contribution in [-0.2, 0) is 4.84 Å². The van der Waals surface area contributed by atoms with Gasteiger partial charge in [0.25, 0.3) is 0 Å². The van der Waals surface area contributed by atoms with E-state index in [-0.39, 0.29) is 6.61 Å². The van der Waals surface area contributed by atoms with Crippen LogP contribution in [0.1, 0.15) is 36.8 Å². The minimum absolute atomic E-state index is 0.271. The van der Waals surface area contributed by atoms with Gasteiger partial charge >= 0.3 is 0 Å². The second-order valence-electron chi connectivity index (χ2n) is 5.56. The van der Waals surface area contributed by atoms with E-state index in [0.717, 1.165) is 29.7 Å². The third kappa shape index (κ3) is 4.47. The summed E-state index contributed by atoms with van der Waals surface area (Å²) in [5.74, 6) is 0.864. The van der Waals surface area contributed by atoms with Crippen LogP contribution in [0.4, 0.5) is 0 Å². The molecule has 1 fully saturated rings. The molecule has 0 spiro atoms. The van der Waals surface area contributed by atoms with Gasteiger partial charge in [-0.1, -0.05) is 31.0 Å². The van der Waals surface area contributed by atoms with Crippen molar-refractivity contribution in [1.82, 2.24) is 5.48 Å². The van der Waals surface area contributed by atoms with E-state index < -0.39 is 6.10 Å². The first-order valence-corrected chi connectivity index (χ1v) is 7.42. The Balaban J connectivity index is 1.68. The van der Waals surface area contributed by atoms with E-state index in [1.165, 1.54) is 12.8 Å². The summed E-state index contributed by atoms with van der Waals surface area (Å²) < 4.78 is 5.71. The zero-order valence-corrected chi connectivity index (χ0v) is 12.4. The van der Waals surface area contributed by atoms with Crippen LogP contribution in [0, 0.1) is 13.8 Å². The van der Waals surface area contributed by atoms with Gasteiger partial charge in [-0.2, -0.15) is 5.48 Å². The molecule has 0 bridgehead atoms. The third-order valence-electron chi connectivity index (χ3n) is 3.70. The number of ether oxygens (including phenoxy) is 1. The molecule has 1 atom stereocenters. The Morgan fingerprint density at radius 2 is 1.90 bits per heavy atom. The second-order valence-corrected chi connectivity index (χ2v) is 5.56. The fourth-order valence-electron chi connectivity index (χ4n) is 2.53. The van der Waals surface area contributed by atoms with E-state index >= 15 is 0 Å². The van der Waals surface area contributed by atoms with Crippen LogP contribution >= 0.6 is 0 Å². The minimum atomic E-state index is -0.574. The van der Waals surface area contributed by atoms with Crippen molar-refractivity contribution in [3.8, 4) is 5.75 Å². The van der Waals surface area contributed by atoms with E-state index in [9.17, 15) is 5.11 Å². The van der Waals surface area contributed by atoms with Gasteiger partial charge in [0.15, 0.2) is 0 Å². The number of aryl methyl sites for hydroxylation is 2. The van der Waals surface area contributed by atoms with Crippen molar-refractivity contribution >= 4 is 0 Å². The monoisotopic (exact) mass is 279 g/mol. The number of hydrogen-bond acceptors (Lipinski definition) is 4. The van der Waals surface area contributed by atoms with E-state index in [1.807, 2.05) is 32.0 Å². The Hall–Kier alpha value is -1.10. The van der Waals surface area contributed by atoms with Crippen molar-refractivity contribution in [2.45, 2.75) is 51.7 Å². The summed E-state index contributed by atoms with van der Waals surface area (Å²) in [6.07, 6.45) is 4.44. The molecule has 0 radical (unpaired) electrons. The highest BCUT2D eigenvalue weighted by Gasteiger charge is 2.16. The lowest BCUT2D eigenvalue weighted by Crippen LogP contribution is -2.33. The fraction of sp³-hybridized carbons (Fsp3) is 0.625. The number of hydrogen-bond donors (Lipinski definition) is 2. The molecule has 4 nitrogen and oxygen atoms in total. The average Bonchev–Trinajstić information content (AvgIpc) is 2.91. The summed E-state index contributed by atoms with van der Waals surface area (Å²) >= 11 is 0. The Morgan fingerprint density at radius 1 is 1.25 bits per heavy atom. The van der Waals surface area contributed by atoms with Crippen LogP contribution in [0.5, 0.6) is 5.75 Å². The van der Waals surface area contributed by atoms with Gasteiger partial charge in [-0.3, -0.25) is 4.84 Å². The van der Waals surface area contributed by atoms with Crippen LogP contribution in [0.15, 0.2) is 18.2 Å². The lowest BCUT2D eigenvalue weighted by atomic mass is 10.1. The Morgan fingerprint density at radius 3 is 2.55 bits per heavy atom. The van der Waals surface area contributed by atoms with Crippen molar-refractivity contribution in [3.05, 3.63) is 29.3 Å². The lowest BCUT2D eigenvalue weighted by Gasteiger charge is -2.17. The maximum absolute atomic E-state index is 9.90. The van der Waals surface area contributed by atoms with Gasteiger partial charge in [-0.05, 0) is 37.8 Å². The SMILES string of the molecule is Cc1cccc(C)c1OCC(O)CNOC1CCCC1. The average molecular weight is 279 g/mol. The smallest absolute Gasteiger partial charge is 0.125 e. The molecule has 2 rings (SSSR count). The van der Waals surface area contributed by atoms with Crippen LogP contribution < -0.4 is 10.2 Å². The van der Waals surface area contributed by atoms with Crippen LogP contribution in [-0.4, -0.2) is 30.5 Å². The first kappa shape index (κ1) is 15.3. The molecule has 0 saturated heterocycles. The molecule has 112 valence electrons. The second kappa shape index (κ2) is 7.62. The summed E-state index contributed by atoms with van der Waals surface area (Å²) in [6, 6.07) is 6.03. The topological polar surface area (TPSA) is 50.7 Å². The molecule has 1 aromatic carbocycles. The lowest BCUT2D eigenvalue weighted by molar-refractivity contribution is -0.0417. The highest BCUT2D eigenvalue weighted by atomic mass is 16.7. The van der Waals surface area contributed by atoms with Crippen LogP contribution in [0.2, 0.25) is 0 Å². The highest BCUT2D eigenvalue weighted by molar-refractivity contribution is 5.39. The first-order valence-electron chi connectivity index (χ1n) is 7.42. The van der Waals surface area contributed by atoms with Crippen molar-refractivity contribution in [3.63, 3.8) is 0 Å². The van der Waals surface area contributed by atoms with E-state index in [0.29, 0.717) is 12.6 Å². The largest absolute Gasteiger partial charge is 0.490 e. The zero-order chi connectivity index (χ0) is 14.4. The van der Waals surface area contributed by atoms with E-state index in [1.54, 1.807) is 0 Å². The third-order valence-corrected chi connectivity index (χ3v) is 3.70. The molecule has 0 aliphatic heterocycles. The molecule has 20 heavy (non-hydrogen) atoms. The zero-order valence-electron chi connectivity index (χ0n) is 12.4. The standard InChI is InChI=1S/C16H25NO3/c1-12-6-5-7-13(2)16(12)19-11-14(18)10-17-20-15-8-3-4-9-15/h5-7,14-15,17-18H,3-4,8-11H2,1-2H3. The van der Waals surface area contributed by atoms with Crippen LogP contribution in [0.25, 0.3) is 0 Å². The summed E-state index contributed by atoms with van der Waals surface area (Å²) in [7, 11) is 0. The molecular weight excluding hydrogens is 254 g/mol. The minimum Gasteiger partial charge on any atom is -0.490 e. The number of aliphatic hydroxyl groups is 1. The van der Waals surface area contributed by atoms with E-state index in [4.69, 9.17) is 9.57 Å². The van der Waals surface area contributed by atoms with Gasteiger partial charge in [-0.15, -0.1) is 0 Å². The Kier molecular flexibility index (Phi) is 5.83. The van der Waals surface area contributed by atoms with E-state index in [2.05, 4.69) is 5.48 Å². The molecule has 1 aliphatic rings. The van der Waals surface area contributed by atoms with Gasteiger partial charge in [0.05, 0.1) is 12.6 Å². The maximum Gasteiger partial charge on any atom is 0.125 e. The Labute approximate surface area is 121 Å². The Bertz CT molecular complexity index is 396. The van der Waals surface area contributed by atoms with Gasteiger partial charge in [-0.25, -0.2) is 0 Å². The molecule has 0 heterocycles. The normalized spacial score (nSPS) is 17.4. The number of benzene rings is 1. The molecule has 0 aromatic heterocycles. The van der Waals surface area contributed by atoms with Gasteiger partial charge in [0.1, 0.15) is 18.5 Å². The number of rotatable bonds is 7. The summed E-state index contributed by atoms with van der Waals surface area (Å²) in [5, 5.41) is 9.90. The summed E-state index contributed by atoms with van der Waals surface area (Å²) in [5.41, 5.74) is 5.04. The molecule has 4 heteroatoms. The quantitative estimate of drug-likeness (QED) is 0.753. The number of para-hydroxylation sites is 1. The number of nitrogens with one attached hydrogen (secondary N) is 1. The molecule has 1 saturated carbocycles. The van der Waals surface area contributed by atoms with Crippen LogP contribution in [0.3, 0.4) is 0 Å². The van der Waals surface area contributed by atoms with Crippen molar-refractivity contribution in [2.75, 3.05) is 13.2 Å². The number of aliphatic hydroxyl groups excluding tert-OH is 1. The predicted molar refractivity (Wildman–Crippen MR) is 78.8 cm³/mol. The summed E-state index contributed by atoms with van der Waals surface area (Å²) in [4.78, 5) is 5.51. The fourth-order valence-corrected chi connectivity index (χ4v) is 2.53. The molecule has 1 aromatic rings. The van der Waals surface area contributed by atoms with Crippen molar-refractivity contribution in [1.29, 1.82) is 0 Å². The van der Waals surface area contributed by atoms with Gasteiger partial charge in [0.2, 0.25) is 0 Å². The highest BCUT2D eigenvalue weighted by Crippen LogP contribution is 2.22. The molecule has 1 unspecified atom stereocenters. The van der Waals surface area contributed by atoms with Gasteiger partial charge < -0.3 is 9.84 Å².